The average Bonchev–Trinajstić information content (AvgIpc) is 3.29. The molecule has 0 N–H and O–H groups in total. The molecule has 0 aliphatic carbocycles. The monoisotopic (exact) mass is 396 g/mol. The topological polar surface area (TPSA) is 67.3 Å². The predicted octanol–water partition coefficient (Wildman–Crippen LogP) is 3.39. The minimum Gasteiger partial charge on any atom is -0.375 e. The molecule has 4 heterocycles. The van der Waals surface area contributed by atoms with E-state index in [0.717, 1.165) is 55.9 Å². The van der Waals surface area contributed by atoms with Crippen LogP contribution in [-0.2, 0) is 4.74 Å². The van der Waals surface area contributed by atoms with Crippen molar-refractivity contribution < 1.29 is 4.74 Å². The van der Waals surface area contributed by atoms with Crippen molar-refractivity contribution >= 4 is 11.9 Å². The first-order valence-corrected chi connectivity index (χ1v) is 10.9. The Morgan fingerprint density at radius 2 is 1.59 bits per heavy atom. The molecule has 0 spiro atoms. The summed E-state index contributed by atoms with van der Waals surface area (Å²) in [5, 5.41) is 0. The van der Waals surface area contributed by atoms with Crippen LogP contribution in [0.15, 0.2) is 24.5 Å². The molecule has 2 aromatic rings. The number of aromatic nitrogens is 4. The standard InChI is InChI=1S/C22H32N6O/c1-16(2)19-6-8-24-22(25-19)28-12-13-29-18(15-28)14-17(3)20-7-9-23-21(26-20)27-10-4-5-11-27/h6-9,16-18H,4-5,10-15H2,1-3H3. The van der Waals surface area contributed by atoms with E-state index < -0.39 is 0 Å². The molecule has 2 aliphatic rings. The molecule has 2 unspecified atom stereocenters. The highest BCUT2D eigenvalue weighted by molar-refractivity contribution is 5.33. The van der Waals surface area contributed by atoms with Crippen LogP contribution in [0.4, 0.5) is 11.9 Å². The lowest BCUT2D eigenvalue weighted by molar-refractivity contribution is 0.0308. The van der Waals surface area contributed by atoms with E-state index in [1.807, 2.05) is 24.5 Å². The van der Waals surface area contributed by atoms with E-state index >= 15 is 0 Å². The molecule has 0 radical (unpaired) electrons. The SMILES string of the molecule is CC(C)c1ccnc(N2CCOC(CC(C)c3ccnc(N4CCCC4)n3)C2)n1. The molecular weight excluding hydrogens is 364 g/mol. The van der Waals surface area contributed by atoms with Gasteiger partial charge in [-0.25, -0.2) is 19.9 Å². The highest BCUT2D eigenvalue weighted by atomic mass is 16.5. The van der Waals surface area contributed by atoms with Gasteiger partial charge in [-0.1, -0.05) is 20.8 Å². The Bertz CT molecular complexity index is 807. The molecule has 0 aromatic carbocycles. The zero-order valence-corrected chi connectivity index (χ0v) is 17.8. The van der Waals surface area contributed by atoms with Gasteiger partial charge in [-0.15, -0.1) is 0 Å². The maximum Gasteiger partial charge on any atom is 0.225 e. The van der Waals surface area contributed by atoms with Crippen LogP contribution in [-0.4, -0.2) is 58.8 Å². The minimum atomic E-state index is 0.148. The highest BCUT2D eigenvalue weighted by Gasteiger charge is 2.26. The second-order valence-corrected chi connectivity index (χ2v) is 8.49. The molecule has 2 atom stereocenters. The smallest absolute Gasteiger partial charge is 0.225 e. The van der Waals surface area contributed by atoms with Crippen molar-refractivity contribution in [3.05, 3.63) is 35.9 Å². The van der Waals surface area contributed by atoms with Gasteiger partial charge in [0, 0.05) is 55.9 Å². The Morgan fingerprint density at radius 3 is 2.31 bits per heavy atom. The first-order valence-electron chi connectivity index (χ1n) is 10.9. The maximum atomic E-state index is 6.08. The van der Waals surface area contributed by atoms with Gasteiger partial charge in [0.05, 0.1) is 12.7 Å². The van der Waals surface area contributed by atoms with Crippen LogP contribution in [0.2, 0.25) is 0 Å². The Kier molecular flexibility index (Phi) is 6.23. The van der Waals surface area contributed by atoms with Crippen LogP contribution in [0.1, 0.15) is 63.3 Å². The van der Waals surface area contributed by atoms with E-state index in [0.29, 0.717) is 18.4 Å². The second-order valence-electron chi connectivity index (χ2n) is 8.49. The summed E-state index contributed by atoms with van der Waals surface area (Å²) in [4.78, 5) is 23.1. The van der Waals surface area contributed by atoms with Crippen molar-refractivity contribution in [2.45, 2.75) is 58.0 Å². The molecule has 2 fully saturated rings. The Labute approximate surface area is 173 Å². The van der Waals surface area contributed by atoms with E-state index in [1.165, 1.54) is 12.8 Å². The molecule has 2 aromatic heterocycles. The van der Waals surface area contributed by atoms with Gasteiger partial charge in [0.2, 0.25) is 11.9 Å². The van der Waals surface area contributed by atoms with E-state index in [9.17, 15) is 0 Å². The lowest BCUT2D eigenvalue weighted by Gasteiger charge is -2.34. The zero-order chi connectivity index (χ0) is 20.2. The summed E-state index contributed by atoms with van der Waals surface area (Å²) in [6.45, 7) is 11.0. The van der Waals surface area contributed by atoms with Gasteiger partial charge in [-0.05, 0) is 37.3 Å². The maximum absolute atomic E-state index is 6.08. The van der Waals surface area contributed by atoms with Crippen molar-refractivity contribution in [2.24, 2.45) is 0 Å². The molecule has 7 heteroatoms. The Morgan fingerprint density at radius 1 is 0.931 bits per heavy atom. The van der Waals surface area contributed by atoms with Gasteiger partial charge in [-0.2, -0.15) is 0 Å². The number of ether oxygens (including phenoxy) is 1. The number of rotatable bonds is 6. The molecule has 29 heavy (non-hydrogen) atoms. The molecule has 0 bridgehead atoms. The summed E-state index contributed by atoms with van der Waals surface area (Å²) in [6.07, 6.45) is 7.30. The van der Waals surface area contributed by atoms with Crippen molar-refractivity contribution in [1.29, 1.82) is 0 Å². The summed E-state index contributed by atoms with van der Waals surface area (Å²) in [6, 6.07) is 4.04. The molecule has 0 amide bonds. The van der Waals surface area contributed by atoms with E-state index in [2.05, 4.69) is 40.5 Å². The van der Waals surface area contributed by atoms with Crippen molar-refractivity contribution in [1.82, 2.24) is 19.9 Å². The molecule has 7 nitrogen and oxygen atoms in total. The minimum absolute atomic E-state index is 0.148. The lowest BCUT2D eigenvalue weighted by atomic mass is 9.99. The normalized spacial score (nSPS) is 21.0. The van der Waals surface area contributed by atoms with Gasteiger partial charge in [-0.3, -0.25) is 0 Å². The molecule has 4 rings (SSSR count). The quantitative estimate of drug-likeness (QED) is 0.741. The van der Waals surface area contributed by atoms with Crippen LogP contribution in [0.3, 0.4) is 0 Å². The van der Waals surface area contributed by atoms with Gasteiger partial charge in [0.25, 0.3) is 0 Å². The second kappa shape index (κ2) is 9.03. The fourth-order valence-corrected chi connectivity index (χ4v) is 4.10. The van der Waals surface area contributed by atoms with Crippen LogP contribution in [0, 0.1) is 0 Å². The van der Waals surface area contributed by atoms with E-state index in [1.54, 1.807) is 0 Å². The van der Waals surface area contributed by atoms with Gasteiger partial charge < -0.3 is 14.5 Å². The summed E-state index contributed by atoms with van der Waals surface area (Å²) < 4.78 is 6.08. The molecule has 2 aliphatic heterocycles. The first kappa shape index (κ1) is 20.0. The van der Waals surface area contributed by atoms with Crippen LogP contribution in [0.25, 0.3) is 0 Å². The summed E-state index contributed by atoms with van der Waals surface area (Å²) >= 11 is 0. The van der Waals surface area contributed by atoms with Crippen LogP contribution in [0.5, 0.6) is 0 Å². The number of hydrogen-bond donors (Lipinski definition) is 0. The van der Waals surface area contributed by atoms with Crippen molar-refractivity contribution in [2.75, 3.05) is 42.6 Å². The molecule has 156 valence electrons. The number of nitrogens with zero attached hydrogens (tertiary/aromatic N) is 6. The predicted molar refractivity (Wildman–Crippen MR) is 115 cm³/mol. The van der Waals surface area contributed by atoms with Gasteiger partial charge >= 0.3 is 0 Å². The Balaban J connectivity index is 1.40. The number of morpholine rings is 1. The lowest BCUT2D eigenvalue weighted by Crippen LogP contribution is -2.43. The fraction of sp³-hybridized carbons (Fsp3) is 0.636. The van der Waals surface area contributed by atoms with Crippen LogP contribution < -0.4 is 9.80 Å². The zero-order valence-electron chi connectivity index (χ0n) is 17.8. The average molecular weight is 397 g/mol. The fourth-order valence-electron chi connectivity index (χ4n) is 4.10. The van der Waals surface area contributed by atoms with Crippen molar-refractivity contribution in [3.63, 3.8) is 0 Å². The largest absolute Gasteiger partial charge is 0.375 e. The molecule has 2 saturated heterocycles. The highest BCUT2D eigenvalue weighted by Crippen LogP contribution is 2.25. The third-order valence-corrected chi connectivity index (χ3v) is 5.85. The number of hydrogen-bond acceptors (Lipinski definition) is 7. The van der Waals surface area contributed by atoms with Crippen LogP contribution >= 0.6 is 0 Å². The number of anilines is 2. The van der Waals surface area contributed by atoms with Gasteiger partial charge in [0.15, 0.2) is 0 Å². The third kappa shape index (κ3) is 4.83. The molecule has 0 saturated carbocycles. The summed E-state index contributed by atoms with van der Waals surface area (Å²) in [7, 11) is 0. The van der Waals surface area contributed by atoms with Gasteiger partial charge in [0.1, 0.15) is 0 Å². The summed E-state index contributed by atoms with van der Waals surface area (Å²) in [5.74, 6) is 2.40. The Hall–Kier alpha value is -2.28. The third-order valence-electron chi connectivity index (χ3n) is 5.85. The van der Waals surface area contributed by atoms with Crippen molar-refractivity contribution in [3.8, 4) is 0 Å². The summed E-state index contributed by atoms with van der Waals surface area (Å²) in [5.41, 5.74) is 2.18. The van der Waals surface area contributed by atoms with E-state index in [-0.39, 0.29) is 6.10 Å². The first-order chi connectivity index (χ1) is 14.1. The molecular formula is C22H32N6O. The van der Waals surface area contributed by atoms with E-state index in [4.69, 9.17) is 14.7 Å².